The first-order chi connectivity index (χ1) is 15.5. The van der Waals surface area contributed by atoms with E-state index in [0.717, 1.165) is 20.9 Å². The monoisotopic (exact) mass is 450 g/mol. The number of ketones is 1. The van der Waals surface area contributed by atoms with Crippen LogP contribution in [0.4, 0.5) is 9.52 Å². The number of ether oxygens (including phenoxy) is 1. The Labute approximate surface area is 185 Å². The Morgan fingerprint density at radius 1 is 1.22 bits per heavy atom. The first-order valence-corrected chi connectivity index (χ1v) is 10.3. The number of hydrogen-bond donors (Lipinski definition) is 1. The smallest absolute Gasteiger partial charge is 0.296 e. The van der Waals surface area contributed by atoms with E-state index in [1.165, 1.54) is 43.7 Å². The lowest BCUT2D eigenvalue weighted by molar-refractivity contribution is -0.117. The summed E-state index contributed by atoms with van der Waals surface area (Å²) >= 11 is 1.16. The molecule has 7 nitrogen and oxygen atoms in total. The number of methoxy groups -OCH3 is 1. The normalized spacial score (nSPS) is 16.2. The minimum absolute atomic E-state index is 0.0524. The summed E-state index contributed by atoms with van der Waals surface area (Å²) in [7, 11) is 1.54. The Hall–Kier alpha value is -3.98. The van der Waals surface area contributed by atoms with Crippen LogP contribution in [-0.4, -0.2) is 28.9 Å². The molecular formula is C23H15FN2O5S. The topological polar surface area (TPSA) is 92.9 Å². The molecule has 2 aromatic carbocycles. The zero-order chi connectivity index (χ0) is 22.4. The summed E-state index contributed by atoms with van der Waals surface area (Å²) in [4.78, 5) is 31.9. The number of Topliss-reactive ketones (excluding diaryl/α,β-unsaturated/α-hetero) is 1. The molecule has 0 aliphatic carbocycles. The molecule has 1 N–H and O–H groups in total. The molecule has 3 heterocycles. The molecule has 32 heavy (non-hydrogen) atoms. The highest BCUT2D eigenvalue weighted by molar-refractivity contribution is 7.22. The largest absolute Gasteiger partial charge is 0.503 e. The van der Waals surface area contributed by atoms with Gasteiger partial charge in [-0.15, -0.1) is 0 Å². The van der Waals surface area contributed by atoms with Gasteiger partial charge in [-0.1, -0.05) is 29.5 Å². The maximum Gasteiger partial charge on any atom is 0.296 e. The summed E-state index contributed by atoms with van der Waals surface area (Å²) in [5.74, 6) is -2.41. The standard InChI is InChI=1S/C23H15FN2O5S/c1-30-12-8-9-15-17(11-12)32-23(25-15)26-19(13-5-2-3-6-14(13)24)18(21(28)22(26)29)20(27)16-7-4-10-31-16/h2-11,19,28H,1H3/t19-/m0/s1. The summed E-state index contributed by atoms with van der Waals surface area (Å²) in [6.45, 7) is 0. The molecular weight excluding hydrogens is 435 g/mol. The lowest BCUT2D eigenvalue weighted by Crippen LogP contribution is -2.31. The minimum Gasteiger partial charge on any atom is -0.503 e. The third-order valence-electron chi connectivity index (χ3n) is 5.19. The van der Waals surface area contributed by atoms with E-state index >= 15 is 0 Å². The van der Waals surface area contributed by atoms with E-state index in [1.54, 1.807) is 24.3 Å². The zero-order valence-corrected chi connectivity index (χ0v) is 17.4. The zero-order valence-electron chi connectivity index (χ0n) is 16.6. The van der Waals surface area contributed by atoms with Crippen LogP contribution in [0.15, 0.2) is 76.6 Å². The molecule has 0 fully saturated rings. The van der Waals surface area contributed by atoms with E-state index in [2.05, 4.69) is 4.98 Å². The predicted octanol–water partition coefficient (Wildman–Crippen LogP) is 4.82. The van der Waals surface area contributed by atoms with E-state index in [0.29, 0.717) is 11.3 Å². The molecule has 0 saturated heterocycles. The van der Waals surface area contributed by atoms with Crippen LogP contribution in [0.2, 0.25) is 0 Å². The molecule has 1 aliphatic heterocycles. The van der Waals surface area contributed by atoms with Gasteiger partial charge in [-0.2, -0.15) is 0 Å². The average molecular weight is 450 g/mol. The fourth-order valence-corrected chi connectivity index (χ4v) is 4.71. The maximum atomic E-state index is 14.9. The molecule has 160 valence electrons. The van der Waals surface area contributed by atoms with Gasteiger partial charge in [0.05, 0.1) is 29.2 Å². The van der Waals surface area contributed by atoms with Crippen LogP contribution >= 0.6 is 11.3 Å². The molecule has 1 amide bonds. The Balaban J connectivity index is 1.69. The summed E-state index contributed by atoms with van der Waals surface area (Å²) < 4.78 is 26.0. The van der Waals surface area contributed by atoms with Crippen molar-refractivity contribution >= 4 is 38.4 Å². The van der Waals surface area contributed by atoms with Crippen molar-refractivity contribution in [1.29, 1.82) is 0 Å². The van der Waals surface area contributed by atoms with Crippen LogP contribution < -0.4 is 9.64 Å². The second kappa shape index (κ2) is 7.61. The molecule has 4 aromatic rings. The number of nitrogens with zero attached hydrogens (tertiary/aromatic N) is 2. The fraction of sp³-hybridized carbons (Fsp3) is 0.0870. The molecule has 9 heteroatoms. The van der Waals surface area contributed by atoms with E-state index in [9.17, 15) is 19.1 Å². The highest BCUT2D eigenvalue weighted by Crippen LogP contribution is 2.45. The van der Waals surface area contributed by atoms with Gasteiger partial charge in [0.2, 0.25) is 5.78 Å². The lowest BCUT2D eigenvalue weighted by Gasteiger charge is -2.24. The van der Waals surface area contributed by atoms with Gasteiger partial charge in [0, 0.05) is 5.56 Å². The second-order valence-corrected chi connectivity index (χ2v) is 8.01. The Morgan fingerprint density at radius 2 is 2.03 bits per heavy atom. The highest BCUT2D eigenvalue weighted by Gasteiger charge is 2.47. The average Bonchev–Trinajstić information content (AvgIpc) is 3.52. The van der Waals surface area contributed by atoms with E-state index in [4.69, 9.17) is 9.15 Å². The Morgan fingerprint density at radius 3 is 2.75 bits per heavy atom. The third-order valence-corrected chi connectivity index (χ3v) is 6.21. The van der Waals surface area contributed by atoms with Crippen molar-refractivity contribution in [2.75, 3.05) is 12.0 Å². The van der Waals surface area contributed by atoms with Crippen molar-refractivity contribution in [3.63, 3.8) is 0 Å². The van der Waals surface area contributed by atoms with Gasteiger partial charge in [-0.25, -0.2) is 9.37 Å². The van der Waals surface area contributed by atoms with Crippen LogP contribution in [0, 0.1) is 5.82 Å². The van der Waals surface area contributed by atoms with Crippen molar-refractivity contribution in [2.24, 2.45) is 0 Å². The van der Waals surface area contributed by atoms with Crippen LogP contribution in [-0.2, 0) is 4.79 Å². The van der Waals surface area contributed by atoms with Crippen LogP contribution in [0.1, 0.15) is 22.2 Å². The van der Waals surface area contributed by atoms with Crippen LogP contribution in [0.5, 0.6) is 5.75 Å². The van der Waals surface area contributed by atoms with Crippen LogP contribution in [0.3, 0.4) is 0 Å². The lowest BCUT2D eigenvalue weighted by atomic mass is 9.95. The molecule has 1 atom stereocenters. The van der Waals surface area contributed by atoms with Gasteiger partial charge in [0.1, 0.15) is 17.6 Å². The van der Waals surface area contributed by atoms with Gasteiger partial charge in [-0.3, -0.25) is 14.5 Å². The molecule has 0 spiro atoms. The highest BCUT2D eigenvalue weighted by atomic mass is 32.1. The Kier molecular flexibility index (Phi) is 4.75. The molecule has 0 bridgehead atoms. The van der Waals surface area contributed by atoms with Crippen molar-refractivity contribution < 1.29 is 28.2 Å². The third kappa shape index (κ3) is 3.05. The number of fused-ring (bicyclic) bond motifs is 1. The number of amides is 1. The molecule has 2 aromatic heterocycles. The number of aliphatic hydroxyl groups is 1. The van der Waals surface area contributed by atoms with Crippen molar-refractivity contribution in [3.8, 4) is 5.75 Å². The molecule has 0 radical (unpaired) electrons. The summed E-state index contributed by atoms with van der Waals surface area (Å²) in [5, 5.41) is 10.9. The van der Waals surface area contributed by atoms with Gasteiger partial charge >= 0.3 is 0 Å². The fourth-order valence-electron chi connectivity index (χ4n) is 3.69. The summed E-state index contributed by atoms with van der Waals surface area (Å²) in [6, 6.07) is 12.7. The first-order valence-electron chi connectivity index (χ1n) is 9.53. The number of halogens is 1. The van der Waals surface area contributed by atoms with Gasteiger partial charge in [0.15, 0.2) is 16.7 Å². The van der Waals surface area contributed by atoms with Gasteiger partial charge in [0.25, 0.3) is 5.91 Å². The van der Waals surface area contributed by atoms with Gasteiger partial charge < -0.3 is 14.3 Å². The number of rotatable bonds is 5. The van der Waals surface area contributed by atoms with E-state index in [1.807, 2.05) is 0 Å². The first kappa shape index (κ1) is 20.0. The van der Waals surface area contributed by atoms with Crippen molar-refractivity contribution in [2.45, 2.75) is 6.04 Å². The molecule has 1 aliphatic rings. The van der Waals surface area contributed by atoms with E-state index in [-0.39, 0.29) is 22.0 Å². The molecule has 0 saturated carbocycles. The number of hydrogen-bond acceptors (Lipinski definition) is 7. The molecule has 0 unspecified atom stereocenters. The second-order valence-electron chi connectivity index (χ2n) is 7.00. The van der Waals surface area contributed by atoms with Crippen LogP contribution in [0.25, 0.3) is 10.2 Å². The number of anilines is 1. The number of carbonyl (C=O) groups is 2. The maximum absolute atomic E-state index is 14.9. The number of furan rings is 1. The number of aromatic nitrogens is 1. The summed E-state index contributed by atoms with van der Waals surface area (Å²) in [6.07, 6.45) is 1.30. The molecule has 5 rings (SSSR count). The van der Waals surface area contributed by atoms with E-state index < -0.39 is 29.3 Å². The predicted molar refractivity (Wildman–Crippen MR) is 115 cm³/mol. The van der Waals surface area contributed by atoms with Gasteiger partial charge in [-0.05, 0) is 36.4 Å². The number of benzene rings is 2. The number of aliphatic hydroxyl groups excluding tert-OH is 1. The van der Waals surface area contributed by atoms with Crippen molar-refractivity contribution in [1.82, 2.24) is 4.98 Å². The number of carbonyl (C=O) groups excluding carboxylic acids is 2. The van der Waals surface area contributed by atoms with Crippen molar-refractivity contribution in [3.05, 3.63) is 89.3 Å². The minimum atomic E-state index is -1.22. The number of thiazole rings is 1. The SMILES string of the molecule is COc1ccc2nc(N3C(=O)C(O)=C(C(=O)c4ccco4)[C@@H]3c3ccccc3F)sc2c1. The quantitative estimate of drug-likeness (QED) is 0.438. The summed E-state index contributed by atoms with van der Waals surface area (Å²) in [5.41, 5.74) is 0.375. The Bertz CT molecular complexity index is 1390.